The second kappa shape index (κ2) is 3.31. The fourth-order valence-electron chi connectivity index (χ4n) is 0.711. The molecule has 0 aromatic carbocycles. The minimum Gasteiger partial charge on any atom is -0.246 e. The summed E-state index contributed by atoms with van der Waals surface area (Å²) in [6.45, 7) is 0. The van der Waals surface area contributed by atoms with Gasteiger partial charge in [-0.05, 0) is 0 Å². The Balaban J connectivity index is 2.41. The molecule has 1 rings (SSSR count). The van der Waals surface area contributed by atoms with Crippen LogP contribution in [0.3, 0.4) is 0 Å². The maximum atomic E-state index is 10.0. The van der Waals surface area contributed by atoms with Crippen LogP contribution in [0, 0.1) is 4.91 Å². The summed E-state index contributed by atoms with van der Waals surface area (Å²) < 4.78 is 0. The highest BCUT2D eigenvalue weighted by molar-refractivity contribution is 7.99. The van der Waals surface area contributed by atoms with Crippen molar-refractivity contribution in [2.75, 3.05) is 17.4 Å². The summed E-state index contributed by atoms with van der Waals surface area (Å²) in [4.78, 5) is 10.0. The molecule has 0 aromatic rings. The van der Waals surface area contributed by atoms with E-state index in [-0.39, 0.29) is 6.04 Å². The molecule has 3 nitrogen and oxygen atoms in total. The maximum absolute atomic E-state index is 10.0. The third-order valence-corrected chi connectivity index (χ3v) is 2.76. The Kier molecular flexibility index (Phi) is 2.65. The Morgan fingerprint density at radius 2 is 2.67 bits per heavy atom. The van der Waals surface area contributed by atoms with Crippen LogP contribution in [0.25, 0.3) is 0 Å². The van der Waals surface area contributed by atoms with E-state index in [2.05, 4.69) is 17.9 Å². The Bertz CT molecular complexity index is 111. The molecule has 1 aliphatic heterocycles. The molecule has 0 aromatic heterocycles. The normalized spacial score (nSPS) is 26.8. The number of hydrogen-bond donors (Lipinski definition) is 1. The van der Waals surface area contributed by atoms with E-state index in [4.69, 9.17) is 0 Å². The Hall–Kier alpha value is 0.1000. The van der Waals surface area contributed by atoms with Crippen molar-refractivity contribution in [2.45, 2.75) is 6.04 Å². The van der Waals surface area contributed by atoms with Gasteiger partial charge in [0.15, 0.2) is 0 Å². The van der Waals surface area contributed by atoms with E-state index < -0.39 is 0 Å². The molecule has 5 heteroatoms. The average Bonchev–Trinajstić information content (AvgIpc) is 2.33. The molecule has 1 fully saturated rings. The zero-order valence-electron chi connectivity index (χ0n) is 4.86. The second-order valence-electron chi connectivity index (χ2n) is 1.86. The third-order valence-electron chi connectivity index (χ3n) is 1.27. The van der Waals surface area contributed by atoms with Crippen LogP contribution in [0.5, 0.6) is 0 Å². The summed E-state index contributed by atoms with van der Waals surface area (Å²) in [6, 6.07) is 0.260. The number of thiol groups is 1. The van der Waals surface area contributed by atoms with Crippen molar-refractivity contribution in [3.63, 3.8) is 0 Å². The van der Waals surface area contributed by atoms with Crippen molar-refractivity contribution in [3.05, 3.63) is 4.91 Å². The predicted octanol–water partition coefficient (Wildman–Crippen LogP) is 0.972. The zero-order valence-corrected chi connectivity index (χ0v) is 6.57. The van der Waals surface area contributed by atoms with Gasteiger partial charge in [-0.15, -0.1) is 16.7 Å². The first-order valence-electron chi connectivity index (χ1n) is 2.67. The molecule has 1 saturated heterocycles. The molecule has 1 aliphatic rings. The summed E-state index contributed by atoms with van der Waals surface area (Å²) in [5, 5.41) is 4.39. The van der Waals surface area contributed by atoms with Gasteiger partial charge in [-0.2, -0.15) is 12.6 Å². The van der Waals surface area contributed by atoms with Crippen molar-refractivity contribution in [1.82, 2.24) is 5.01 Å². The molecule has 0 unspecified atom stereocenters. The Morgan fingerprint density at radius 3 is 3.11 bits per heavy atom. The topological polar surface area (TPSA) is 32.7 Å². The van der Waals surface area contributed by atoms with Gasteiger partial charge < -0.3 is 0 Å². The molecule has 0 aliphatic carbocycles. The smallest absolute Gasteiger partial charge is 0.0851 e. The van der Waals surface area contributed by atoms with Crippen LogP contribution >= 0.6 is 24.4 Å². The van der Waals surface area contributed by atoms with Crippen LogP contribution in [-0.4, -0.2) is 28.4 Å². The number of thioether (sulfide) groups is 1. The second-order valence-corrected chi connectivity index (χ2v) is 3.22. The van der Waals surface area contributed by atoms with E-state index in [0.29, 0.717) is 0 Å². The van der Waals surface area contributed by atoms with Crippen LogP contribution in [0.2, 0.25) is 0 Å². The number of rotatable bonds is 2. The SMILES string of the molecule is O=NN1CSC[C@H]1CS. The summed E-state index contributed by atoms with van der Waals surface area (Å²) in [5.41, 5.74) is 0. The standard InChI is InChI=1S/C4H8N2OS2/c7-5-6-3-9-2-4(6)1-8/h4,8H,1-3H2/t4-/m1/s1. The third kappa shape index (κ3) is 1.52. The molecular formula is C4H8N2OS2. The molecule has 0 radical (unpaired) electrons. The summed E-state index contributed by atoms with van der Waals surface area (Å²) in [6.07, 6.45) is 0. The van der Waals surface area contributed by atoms with Gasteiger partial charge in [0.2, 0.25) is 0 Å². The van der Waals surface area contributed by atoms with Gasteiger partial charge in [0.05, 0.1) is 17.2 Å². The zero-order chi connectivity index (χ0) is 6.69. The van der Waals surface area contributed by atoms with Crippen LogP contribution < -0.4 is 0 Å². The van der Waals surface area contributed by atoms with Gasteiger partial charge in [-0.3, -0.25) is 0 Å². The van der Waals surface area contributed by atoms with E-state index in [1.807, 2.05) is 0 Å². The van der Waals surface area contributed by atoms with Gasteiger partial charge in [0.25, 0.3) is 0 Å². The fraction of sp³-hybridized carbons (Fsp3) is 1.00. The van der Waals surface area contributed by atoms with Gasteiger partial charge in [-0.1, -0.05) is 0 Å². The quantitative estimate of drug-likeness (QED) is 0.487. The van der Waals surface area contributed by atoms with E-state index in [1.54, 1.807) is 11.8 Å². The fourth-order valence-corrected chi connectivity index (χ4v) is 2.32. The highest BCUT2D eigenvalue weighted by atomic mass is 32.2. The maximum Gasteiger partial charge on any atom is 0.0851 e. The molecule has 0 bridgehead atoms. The minimum absolute atomic E-state index is 0.260. The summed E-state index contributed by atoms with van der Waals surface area (Å²) >= 11 is 5.80. The highest BCUT2D eigenvalue weighted by Crippen LogP contribution is 2.20. The highest BCUT2D eigenvalue weighted by Gasteiger charge is 2.22. The van der Waals surface area contributed by atoms with E-state index in [1.165, 1.54) is 5.01 Å². The van der Waals surface area contributed by atoms with Crippen molar-refractivity contribution >= 4 is 24.4 Å². The molecule has 0 N–H and O–H groups in total. The number of nitroso groups, excluding NO2 is 1. The molecule has 1 heterocycles. The van der Waals surface area contributed by atoms with Crippen molar-refractivity contribution in [2.24, 2.45) is 5.29 Å². The average molecular weight is 164 g/mol. The monoisotopic (exact) mass is 164 g/mol. The number of nitrogens with zero attached hydrogens (tertiary/aromatic N) is 2. The first kappa shape index (κ1) is 7.21. The minimum atomic E-state index is 0.260. The van der Waals surface area contributed by atoms with Crippen molar-refractivity contribution in [1.29, 1.82) is 0 Å². The summed E-state index contributed by atoms with van der Waals surface area (Å²) in [7, 11) is 0. The largest absolute Gasteiger partial charge is 0.246 e. The van der Waals surface area contributed by atoms with Crippen LogP contribution in [-0.2, 0) is 0 Å². The van der Waals surface area contributed by atoms with Crippen LogP contribution in [0.15, 0.2) is 5.29 Å². The van der Waals surface area contributed by atoms with Crippen molar-refractivity contribution in [3.8, 4) is 0 Å². The molecule has 0 saturated carbocycles. The molecule has 0 spiro atoms. The molecular weight excluding hydrogens is 156 g/mol. The lowest BCUT2D eigenvalue weighted by Crippen LogP contribution is -2.26. The van der Waals surface area contributed by atoms with Gasteiger partial charge in [0, 0.05) is 11.5 Å². The Labute approximate surface area is 63.5 Å². The predicted molar refractivity (Wildman–Crippen MR) is 42.6 cm³/mol. The van der Waals surface area contributed by atoms with E-state index in [0.717, 1.165) is 17.4 Å². The number of hydrogen-bond acceptors (Lipinski definition) is 4. The molecule has 9 heavy (non-hydrogen) atoms. The van der Waals surface area contributed by atoms with Gasteiger partial charge in [-0.25, -0.2) is 5.01 Å². The first-order valence-corrected chi connectivity index (χ1v) is 4.45. The lowest BCUT2D eigenvalue weighted by molar-refractivity contribution is 0.296. The lowest BCUT2D eigenvalue weighted by Gasteiger charge is -2.12. The summed E-state index contributed by atoms with van der Waals surface area (Å²) in [5.74, 6) is 2.43. The first-order chi connectivity index (χ1) is 4.38. The van der Waals surface area contributed by atoms with Gasteiger partial charge in [0.1, 0.15) is 0 Å². The molecule has 0 amide bonds. The molecule has 52 valence electrons. The van der Waals surface area contributed by atoms with Gasteiger partial charge >= 0.3 is 0 Å². The van der Waals surface area contributed by atoms with Crippen molar-refractivity contribution < 1.29 is 0 Å². The molecule has 1 atom stereocenters. The Morgan fingerprint density at radius 1 is 1.89 bits per heavy atom. The van der Waals surface area contributed by atoms with E-state index in [9.17, 15) is 4.91 Å². The lowest BCUT2D eigenvalue weighted by atomic mass is 10.4. The van der Waals surface area contributed by atoms with E-state index >= 15 is 0 Å². The van der Waals surface area contributed by atoms with Crippen LogP contribution in [0.4, 0.5) is 0 Å². The van der Waals surface area contributed by atoms with Crippen LogP contribution in [0.1, 0.15) is 0 Å².